The third-order valence-electron chi connectivity index (χ3n) is 3.88. The zero-order valence-corrected chi connectivity index (χ0v) is 15.7. The van der Waals surface area contributed by atoms with Crippen molar-refractivity contribution in [3.8, 4) is 5.75 Å². The number of halogens is 1. The van der Waals surface area contributed by atoms with E-state index in [1.165, 1.54) is 4.90 Å². The molecule has 138 valence electrons. The van der Waals surface area contributed by atoms with Crippen LogP contribution in [0.1, 0.15) is 39.7 Å². The minimum Gasteiger partial charge on any atom is -0.488 e. The highest BCUT2D eigenvalue weighted by atomic mass is 35.5. The lowest BCUT2D eigenvalue weighted by molar-refractivity contribution is -0.142. The summed E-state index contributed by atoms with van der Waals surface area (Å²) < 4.78 is 11.2. The number of ether oxygens (including phenoxy) is 2. The number of benzene rings is 1. The van der Waals surface area contributed by atoms with Gasteiger partial charge in [-0.25, -0.2) is 9.59 Å². The molecule has 6 nitrogen and oxygen atoms in total. The molecule has 2 atom stereocenters. The van der Waals surface area contributed by atoms with Crippen molar-refractivity contribution in [1.82, 2.24) is 4.90 Å². The first kappa shape index (κ1) is 19.4. The van der Waals surface area contributed by atoms with Crippen LogP contribution in [0.4, 0.5) is 4.79 Å². The van der Waals surface area contributed by atoms with Gasteiger partial charge in [0.1, 0.15) is 23.5 Å². The number of hydrogen-bond acceptors (Lipinski definition) is 4. The average Bonchev–Trinajstić information content (AvgIpc) is 2.92. The van der Waals surface area contributed by atoms with E-state index in [4.69, 9.17) is 21.1 Å². The quantitative estimate of drug-likeness (QED) is 0.874. The summed E-state index contributed by atoms with van der Waals surface area (Å²) in [6.07, 6.45) is -0.0860. The second-order valence-electron chi connectivity index (χ2n) is 7.07. The van der Waals surface area contributed by atoms with Gasteiger partial charge in [-0.2, -0.15) is 0 Å². The number of carbonyl (C=O) groups is 2. The van der Waals surface area contributed by atoms with Crippen LogP contribution in [0.3, 0.4) is 0 Å². The minimum atomic E-state index is -1.07. The Kier molecular flexibility index (Phi) is 5.83. The minimum absolute atomic E-state index is 0.163. The Labute approximate surface area is 152 Å². The van der Waals surface area contributed by atoms with Crippen LogP contribution in [0.5, 0.6) is 5.75 Å². The molecule has 0 aliphatic carbocycles. The fourth-order valence-electron chi connectivity index (χ4n) is 2.73. The first-order valence-electron chi connectivity index (χ1n) is 8.28. The molecule has 0 aromatic heterocycles. The van der Waals surface area contributed by atoms with Gasteiger partial charge in [0.15, 0.2) is 0 Å². The molecule has 25 heavy (non-hydrogen) atoms. The van der Waals surface area contributed by atoms with E-state index < -0.39 is 29.8 Å². The molecule has 2 rings (SSSR count). The number of hydrogen-bond donors (Lipinski definition) is 1. The molecule has 7 heteroatoms. The van der Waals surface area contributed by atoms with Gasteiger partial charge in [-0.1, -0.05) is 18.5 Å². The van der Waals surface area contributed by atoms with Crippen LogP contribution in [0.2, 0.25) is 5.02 Å². The van der Waals surface area contributed by atoms with Gasteiger partial charge < -0.3 is 14.6 Å². The number of carboxylic acids is 1. The Morgan fingerprint density at radius 2 is 2.04 bits per heavy atom. The van der Waals surface area contributed by atoms with Gasteiger partial charge in [0.25, 0.3) is 0 Å². The second-order valence-corrected chi connectivity index (χ2v) is 7.48. The number of likely N-dealkylation sites (tertiary alicyclic amines) is 1. The summed E-state index contributed by atoms with van der Waals surface area (Å²) in [5.41, 5.74) is 0.265. The number of amides is 1. The summed E-state index contributed by atoms with van der Waals surface area (Å²) in [6, 6.07) is 4.38. The molecule has 1 aromatic rings. The van der Waals surface area contributed by atoms with Crippen LogP contribution in [0.15, 0.2) is 18.2 Å². The van der Waals surface area contributed by atoms with Gasteiger partial charge in [0, 0.05) is 11.4 Å². The Bertz CT molecular complexity index is 655. The highest BCUT2D eigenvalue weighted by molar-refractivity contribution is 6.31. The van der Waals surface area contributed by atoms with E-state index >= 15 is 0 Å². The number of carboxylic acid groups (broad SMARTS) is 1. The maximum Gasteiger partial charge on any atom is 0.411 e. The van der Waals surface area contributed by atoms with Crippen molar-refractivity contribution in [2.45, 2.75) is 58.3 Å². The van der Waals surface area contributed by atoms with Crippen molar-refractivity contribution in [2.75, 3.05) is 6.54 Å². The molecule has 1 fully saturated rings. The zero-order valence-electron chi connectivity index (χ0n) is 14.9. The van der Waals surface area contributed by atoms with Crippen molar-refractivity contribution in [3.05, 3.63) is 28.8 Å². The fourth-order valence-corrected chi connectivity index (χ4v) is 2.98. The van der Waals surface area contributed by atoms with Gasteiger partial charge in [0.05, 0.1) is 6.54 Å². The van der Waals surface area contributed by atoms with Gasteiger partial charge in [0.2, 0.25) is 0 Å². The standard InChI is InChI=1S/C18H24ClNO5/c1-5-11-8-12(6-7-14(11)19)24-13-9-15(16(21)22)20(10-13)17(23)25-18(2,3)4/h6-8,13,15H,5,9-10H2,1-4H3,(H,21,22). The Balaban J connectivity index is 2.11. The first-order valence-corrected chi connectivity index (χ1v) is 8.66. The van der Waals surface area contributed by atoms with E-state index in [0.717, 1.165) is 12.0 Å². The first-order chi connectivity index (χ1) is 11.6. The normalized spacial score (nSPS) is 20.4. The lowest BCUT2D eigenvalue weighted by Crippen LogP contribution is -2.43. The smallest absolute Gasteiger partial charge is 0.411 e. The maximum absolute atomic E-state index is 12.3. The predicted molar refractivity (Wildman–Crippen MR) is 94.2 cm³/mol. The molecule has 1 aliphatic heterocycles. The topological polar surface area (TPSA) is 76.1 Å². The summed E-state index contributed by atoms with van der Waals surface area (Å²) in [7, 11) is 0. The second kappa shape index (κ2) is 7.52. The highest BCUT2D eigenvalue weighted by Gasteiger charge is 2.42. The number of aryl methyl sites for hydroxylation is 1. The molecular weight excluding hydrogens is 346 g/mol. The van der Waals surface area contributed by atoms with Crippen molar-refractivity contribution >= 4 is 23.7 Å². The molecule has 2 unspecified atom stereocenters. The van der Waals surface area contributed by atoms with Crippen molar-refractivity contribution in [1.29, 1.82) is 0 Å². The number of aliphatic carboxylic acids is 1. The SMILES string of the molecule is CCc1cc(OC2CC(C(=O)O)N(C(=O)OC(C)(C)C)C2)ccc1Cl. The maximum atomic E-state index is 12.3. The summed E-state index contributed by atoms with van der Waals surface area (Å²) in [4.78, 5) is 25.0. The van der Waals surface area contributed by atoms with Crippen LogP contribution in [0.25, 0.3) is 0 Å². The van der Waals surface area contributed by atoms with Gasteiger partial charge in [-0.15, -0.1) is 0 Å². The molecule has 1 amide bonds. The Hall–Kier alpha value is -1.95. The zero-order chi connectivity index (χ0) is 18.8. The van der Waals surface area contributed by atoms with Crippen LogP contribution in [-0.2, 0) is 16.0 Å². The molecular formula is C18H24ClNO5. The summed E-state index contributed by atoms with van der Waals surface area (Å²) in [5.74, 6) is -0.455. The summed E-state index contributed by atoms with van der Waals surface area (Å²) >= 11 is 6.10. The molecule has 0 saturated carbocycles. The largest absolute Gasteiger partial charge is 0.488 e. The Morgan fingerprint density at radius 1 is 1.36 bits per heavy atom. The van der Waals surface area contributed by atoms with Crippen molar-refractivity contribution in [2.24, 2.45) is 0 Å². The third kappa shape index (κ3) is 5.01. The van der Waals surface area contributed by atoms with Crippen LogP contribution in [-0.4, -0.2) is 46.4 Å². The van der Waals surface area contributed by atoms with Gasteiger partial charge in [-0.05, 0) is 51.0 Å². The lowest BCUT2D eigenvalue weighted by Gasteiger charge is -2.26. The van der Waals surface area contributed by atoms with E-state index in [-0.39, 0.29) is 13.0 Å². The lowest BCUT2D eigenvalue weighted by atomic mass is 10.1. The van der Waals surface area contributed by atoms with Gasteiger partial charge in [-0.3, -0.25) is 4.90 Å². The van der Waals surface area contributed by atoms with E-state index in [1.807, 2.05) is 13.0 Å². The summed E-state index contributed by atoms with van der Waals surface area (Å²) in [5, 5.41) is 10.1. The van der Waals surface area contributed by atoms with E-state index in [9.17, 15) is 14.7 Å². The molecule has 0 radical (unpaired) electrons. The third-order valence-corrected chi connectivity index (χ3v) is 4.25. The van der Waals surface area contributed by atoms with E-state index in [0.29, 0.717) is 10.8 Å². The average molecular weight is 370 g/mol. The highest BCUT2D eigenvalue weighted by Crippen LogP contribution is 2.28. The Morgan fingerprint density at radius 3 is 2.60 bits per heavy atom. The molecule has 0 spiro atoms. The molecule has 1 saturated heterocycles. The van der Waals surface area contributed by atoms with Crippen LogP contribution in [0, 0.1) is 0 Å². The number of rotatable bonds is 4. The predicted octanol–water partition coefficient (Wildman–Crippen LogP) is 3.74. The number of carbonyl (C=O) groups excluding carboxylic acids is 1. The molecule has 1 aromatic carbocycles. The van der Waals surface area contributed by atoms with Crippen molar-refractivity contribution in [3.63, 3.8) is 0 Å². The molecule has 1 N–H and O–H groups in total. The van der Waals surface area contributed by atoms with Crippen LogP contribution < -0.4 is 4.74 Å². The molecule has 1 heterocycles. The number of nitrogens with zero attached hydrogens (tertiary/aromatic N) is 1. The summed E-state index contributed by atoms with van der Waals surface area (Å²) in [6.45, 7) is 7.38. The van der Waals surface area contributed by atoms with Crippen molar-refractivity contribution < 1.29 is 24.2 Å². The molecule has 1 aliphatic rings. The van der Waals surface area contributed by atoms with Crippen LogP contribution >= 0.6 is 11.6 Å². The van der Waals surface area contributed by atoms with Gasteiger partial charge >= 0.3 is 12.1 Å². The molecule has 0 bridgehead atoms. The monoisotopic (exact) mass is 369 g/mol. The van der Waals surface area contributed by atoms with E-state index in [1.54, 1.807) is 32.9 Å². The van der Waals surface area contributed by atoms with E-state index in [2.05, 4.69) is 0 Å². The fraction of sp³-hybridized carbons (Fsp3) is 0.556.